The zero-order valence-electron chi connectivity index (χ0n) is 18.4. The largest absolute Gasteiger partial charge is 0.394 e. The lowest BCUT2D eigenvalue weighted by Gasteiger charge is -2.19. The van der Waals surface area contributed by atoms with E-state index in [-0.39, 0.29) is 12.5 Å². The van der Waals surface area contributed by atoms with Gasteiger partial charge in [0.25, 0.3) is 0 Å². The van der Waals surface area contributed by atoms with Crippen molar-refractivity contribution in [2.75, 3.05) is 6.61 Å². The Kier molecular flexibility index (Phi) is 19.8. The minimum atomic E-state index is -0.850. The number of aliphatic hydroxyl groups is 2. The van der Waals surface area contributed by atoms with Crippen molar-refractivity contribution >= 4 is 5.91 Å². The standard InChI is InChI=1S/C24H45NO3/c1-3-5-7-9-11-12-13-14-15-17-19-23(27)22(21-26)25-24(28)20-18-16-10-8-6-4-2/h12-13,17,19,22-23,26-27H,3-11,14-16,18,20-21H2,1-2H3,(H,25,28)/b13-12+,19-17+. The van der Waals surface area contributed by atoms with Gasteiger partial charge in [-0.3, -0.25) is 4.79 Å². The third kappa shape index (κ3) is 17.0. The maximum atomic E-state index is 12.0. The van der Waals surface area contributed by atoms with Gasteiger partial charge in [-0.15, -0.1) is 0 Å². The molecule has 4 nitrogen and oxygen atoms in total. The first-order valence-electron chi connectivity index (χ1n) is 11.6. The Bertz CT molecular complexity index is 407. The van der Waals surface area contributed by atoms with Gasteiger partial charge in [0, 0.05) is 6.42 Å². The van der Waals surface area contributed by atoms with Crippen molar-refractivity contribution in [3.63, 3.8) is 0 Å². The molecule has 0 aliphatic rings. The summed E-state index contributed by atoms with van der Waals surface area (Å²) in [6.45, 7) is 4.15. The van der Waals surface area contributed by atoms with E-state index >= 15 is 0 Å². The molecule has 0 aliphatic carbocycles. The van der Waals surface area contributed by atoms with Crippen LogP contribution in [0.3, 0.4) is 0 Å². The normalized spacial score (nSPS) is 14.0. The van der Waals surface area contributed by atoms with Crippen LogP contribution >= 0.6 is 0 Å². The number of unbranched alkanes of at least 4 members (excludes halogenated alkanes) is 10. The molecule has 0 bridgehead atoms. The first kappa shape index (κ1) is 26.9. The number of hydrogen-bond donors (Lipinski definition) is 3. The number of carbonyl (C=O) groups excluding carboxylic acids is 1. The van der Waals surface area contributed by atoms with Gasteiger partial charge in [-0.05, 0) is 32.1 Å². The summed E-state index contributed by atoms with van der Waals surface area (Å²) in [4.78, 5) is 12.0. The Hall–Kier alpha value is -1.13. The quantitative estimate of drug-likeness (QED) is 0.201. The minimum Gasteiger partial charge on any atom is -0.394 e. The van der Waals surface area contributed by atoms with Crippen molar-refractivity contribution in [2.24, 2.45) is 0 Å². The highest BCUT2D eigenvalue weighted by atomic mass is 16.3. The lowest BCUT2D eigenvalue weighted by molar-refractivity contribution is -0.123. The topological polar surface area (TPSA) is 69.6 Å². The summed E-state index contributed by atoms with van der Waals surface area (Å²) in [5, 5.41) is 22.4. The molecule has 0 radical (unpaired) electrons. The van der Waals surface area contributed by atoms with Crippen LogP contribution in [0.4, 0.5) is 0 Å². The molecule has 0 aromatic carbocycles. The summed E-state index contributed by atoms with van der Waals surface area (Å²) < 4.78 is 0. The van der Waals surface area contributed by atoms with Crippen molar-refractivity contribution in [3.8, 4) is 0 Å². The number of nitrogens with one attached hydrogen (secondary N) is 1. The SMILES string of the molecule is CCCCCC/C=C/CC/C=C/C(O)C(CO)NC(=O)CCCCCCCC. The van der Waals surface area contributed by atoms with E-state index in [1.165, 1.54) is 51.4 Å². The molecule has 0 saturated carbocycles. The molecule has 0 heterocycles. The minimum absolute atomic E-state index is 0.0898. The highest BCUT2D eigenvalue weighted by Crippen LogP contribution is 2.08. The summed E-state index contributed by atoms with van der Waals surface area (Å²) in [5.41, 5.74) is 0. The van der Waals surface area contributed by atoms with E-state index in [0.29, 0.717) is 6.42 Å². The summed E-state index contributed by atoms with van der Waals surface area (Å²) >= 11 is 0. The molecule has 0 spiro atoms. The van der Waals surface area contributed by atoms with Crippen LogP contribution in [0.5, 0.6) is 0 Å². The van der Waals surface area contributed by atoms with Gasteiger partial charge in [0.1, 0.15) is 0 Å². The van der Waals surface area contributed by atoms with E-state index in [4.69, 9.17) is 0 Å². The maximum Gasteiger partial charge on any atom is 0.220 e. The Morgan fingerprint density at radius 1 is 0.821 bits per heavy atom. The van der Waals surface area contributed by atoms with Gasteiger partial charge in [-0.25, -0.2) is 0 Å². The highest BCUT2D eigenvalue weighted by Gasteiger charge is 2.17. The van der Waals surface area contributed by atoms with Gasteiger partial charge in [-0.1, -0.05) is 89.5 Å². The molecule has 1 amide bonds. The van der Waals surface area contributed by atoms with Crippen LogP contribution in [0, 0.1) is 0 Å². The van der Waals surface area contributed by atoms with Gasteiger partial charge in [0.15, 0.2) is 0 Å². The van der Waals surface area contributed by atoms with Gasteiger partial charge in [0.05, 0.1) is 18.8 Å². The lowest BCUT2D eigenvalue weighted by Crippen LogP contribution is -2.45. The monoisotopic (exact) mass is 395 g/mol. The maximum absolute atomic E-state index is 12.0. The van der Waals surface area contributed by atoms with Crippen LogP contribution in [0.2, 0.25) is 0 Å². The number of rotatable bonds is 19. The summed E-state index contributed by atoms with van der Waals surface area (Å²) in [6.07, 6.45) is 22.5. The fraction of sp³-hybridized carbons (Fsp3) is 0.792. The number of carbonyl (C=O) groups is 1. The smallest absolute Gasteiger partial charge is 0.220 e. The van der Waals surface area contributed by atoms with Gasteiger partial charge >= 0.3 is 0 Å². The molecule has 3 N–H and O–H groups in total. The first-order valence-corrected chi connectivity index (χ1v) is 11.6. The molecule has 28 heavy (non-hydrogen) atoms. The van der Waals surface area contributed by atoms with Crippen LogP contribution in [0.25, 0.3) is 0 Å². The molecule has 0 saturated heterocycles. The van der Waals surface area contributed by atoms with Gasteiger partial charge in [0.2, 0.25) is 5.91 Å². The number of hydrogen-bond acceptors (Lipinski definition) is 3. The van der Waals surface area contributed by atoms with Gasteiger partial charge < -0.3 is 15.5 Å². The van der Waals surface area contributed by atoms with E-state index < -0.39 is 12.1 Å². The molecule has 0 rings (SSSR count). The molecule has 0 fully saturated rings. The second-order valence-corrected chi connectivity index (χ2v) is 7.69. The Morgan fingerprint density at radius 2 is 1.39 bits per heavy atom. The van der Waals surface area contributed by atoms with E-state index in [1.807, 2.05) is 6.08 Å². The van der Waals surface area contributed by atoms with E-state index in [0.717, 1.165) is 32.1 Å². The van der Waals surface area contributed by atoms with Crippen LogP contribution in [0.15, 0.2) is 24.3 Å². The number of allylic oxidation sites excluding steroid dienone is 3. The first-order chi connectivity index (χ1) is 13.7. The van der Waals surface area contributed by atoms with E-state index in [2.05, 4.69) is 31.3 Å². The average molecular weight is 396 g/mol. The summed E-state index contributed by atoms with van der Waals surface area (Å²) in [5.74, 6) is -0.0898. The van der Waals surface area contributed by atoms with Crippen molar-refractivity contribution in [2.45, 2.75) is 116 Å². The number of amides is 1. The fourth-order valence-corrected chi connectivity index (χ4v) is 3.07. The van der Waals surface area contributed by atoms with Crippen molar-refractivity contribution in [1.29, 1.82) is 0 Å². The summed E-state index contributed by atoms with van der Waals surface area (Å²) in [7, 11) is 0. The molecule has 2 atom stereocenters. The Balaban J connectivity index is 3.88. The molecule has 4 heteroatoms. The highest BCUT2D eigenvalue weighted by molar-refractivity contribution is 5.76. The van der Waals surface area contributed by atoms with Gasteiger partial charge in [-0.2, -0.15) is 0 Å². The molecule has 0 aromatic rings. The van der Waals surface area contributed by atoms with Crippen LogP contribution in [0.1, 0.15) is 104 Å². The third-order valence-electron chi connectivity index (χ3n) is 4.94. The second kappa shape index (κ2) is 20.6. The Labute approximate surface area is 173 Å². The zero-order chi connectivity index (χ0) is 20.9. The molecule has 164 valence electrons. The number of aliphatic hydroxyl groups excluding tert-OH is 2. The Morgan fingerprint density at radius 3 is 2.07 bits per heavy atom. The predicted octanol–water partition coefficient (Wildman–Crippen LogP) is 5.44. The van der Waals surface area contributed by atoms with Crippen LogP contribution in [-0.4, -0.2) is 34.9 Å². The molecule has 0 aliphatic heterocycles. The average Bonchev–Trinajstić information content (AvgIpc) is 2.70. The van der Waals surface area contributed by atoms with Crippen LogP contribution < -0.4 is 5.32 Å². The van der Waals surface area contributed by atoms with Crippen molar-refractivity contribution < 1.29 is 15.0 Å². The summed E-state index contributed by atoms with van der Waals surface area (Å²) in [6, 6.07) is -0.627. The molecular weight excluding hydrogens is 350 g/mol. The molecular formula is C24H45NO3. The lowest BCUT2D eigenvalue weighted by atomic mass is 10.1. The van der Waals surface area contributed by atoms with Crippen molar-refractivity contribution in [1.82, 2.24) is 5.32 Å². The molecule has 2 unspecified atom stereocenters. The second-order valence-electron chi connectivity index (χ2n) is 7.69. The predicted molar refractivity (Wildman–Crippen MR) is 119 cm³/mol. The zero-order valence-corrected chi connectivity index (χ0v) is 18.4. The third-order valence-corrected chi connectivity index (χ3v) is 4.94. The van der Waals surface area contributed by atoms with E-state index in [1.54, 1.807) is 6.08 Å². The van der Waals surface area contributed by atoms with E-state index in [9.17, 15) is 15.0 Å². The van der Waals surface area contributed by atoms with Crippen molar-refractivity contribution in [3.05, 3.63) is 24.3 Å². The van der Waals surface area contributed by atoms with Crippen LogP contribution in [-0.2, 0) is 4.79 Å². The fourth-order valence-electron chi connectivity index (χ4n) is 3.07. The molecule has 0 aromatic heterocycles.